The predicted octanol–water partition coefficient (Wildman–Crippen LogP) is 3.21. The number of nitrogens with zero attached hydrogens (tertiary/aromatic N) is 4. The molecule has 20 heavy (non-hydrogen) atoms. The van der Waals surface area contributed by atoms with Crippen LogP contribution in [0.25, 0.3) is 11.4 Å². The van der Waals surface area contributed by atoms with Crippen molar-refractivity contribution in [2.24, 2.45) is 0 Å². The second kappa shape index (κ2) is 4.86. The van der Waals surface area contributed by atoms with Crippen LogP contribution in [0.1, 0.15) is 20.8 Å². The lowest BCUT2D eigenvalue weighted by molar-refractivity contribution is 0.115. The Hall–Kier alpha value is -1.40. The maximum absolute atomic E-state index is 14.0. The molecule has 1 aromatic carbocycles. The lowest BCUT2D eigenvalue weighted by Gasteiger charge is -2.38. The van der Waals surface area contributed by atoms with Crippen molar-refractivity contribution in [1.82, 2.24) is 19.7 Å². The van der Waals surface area contributed by atoms with Crippen molar-refractivity contribution in [3.05, 3.63) is 30.1 Å². The van der Waals surface area contributed by atoms with Crippen LogP contribution < -0.4 is 0 Å². The highest BCUT2D eigenvalue weighted by molar-refractivity contribution is 7.99. The summed E-state index contributed by atoms with van der Waals surface area (Å²) in [5.74, 6) is 1.21. The van der Waals surface area contributed by atoms with Crippen molar-refractivity contribution < 1.29 is 4.39 Å². The van der Waals surface area contributed by atoms with Gasteiger partial charge in [-0.1, -0.05) is 23.9 Å². The number of rotatable bonds is 1. The molecule has 0 bridgehead atoms. The molecule has 0 saturated heterocycles. The zero-order chi connectivity index (χ0) is 14.3. The number of thioether (sulfide) groups is 1. The summed E-state index contributed by atoms with van der Waals surface area (Å²) in [7, 11) is 0. The minimum Gasteiger partial charge on any atom is -0.288 e. The fourth-order valence-electron chi connectivity index (χ4n) is 2.12. The van der Waals surface area contributed by atoms with E-state index in [4.69, 9.17) is 0 Å². The van der Waals surface area contributed by atoms with Gasteiger partial charge in [-0.3, -0.25) is 9.47 Å². The van der Waals surface area contributed by atoms with Gasteiger partial charge in [0, 0.05) is 5.54 Å². The quantitative estimate of drug-likeness (QED) is 0.808. The zero-order valence-electron chi connectivity index (χ0n) is 11.8. The Morgan fingerprint density at radius 2 is 1.95 bits per heavy atom. The first-order valence-electron chi connectivity index (χ1n) is 6.53. The number of benzene rings is 1. The van der Waals surface area contributed by atoms with Gasteiger partial charge >= 0.3 is 0 Å². The van der Waals surface area contributed by atoms with E-state index in [1.807, 2.05) is 10.6 Å². The average Bonchev–Trinajstić information content (AvgIpc) is 2.81. The number of hydrogen-bond donors (Lipinski definition) is 0. The molecule has 0 atom stereocenters. The molecule has 0 unspecified atom stereocenters. The Morgan fingerprint density at radius 1 is 1.20 bits per heavy atom. The van der Waals surface area contributed by atoms with E-state index in [0.717, 1.165) is 11.0 Å². The van der Waals surface area contributed by atoms with E-state index in [9.17, 15) is 4.39 Å². The van der Waals surface area contributed by atoms with E-state index in [1.165, 1.54) is 6.07 Å². The van der Waals surface area contributed by atoms with E-state index in [2.05, 4.69) is 35.9 Å². The third kappa shape index (κ3) is 2.33. The van der Waals surface area contributed by atoms with Gasteiger partial charge in [-0.2, -0.15) is 0 Å². The van der Waals surface area contributed by atoms with Crippen LogP contribution in [0, 0.1) is 5.82 Å². The van der Waals surface area contributed by atoms with E-state index >= 15 is 0 Å². The van der Waals surface area contributed by atoms with E-state index in [1.54, 1.807) is 23.9 Å². The molecule has 0 saturated carbocycles. The molecule has 4 nitrogen and oxygen atoms in total. The molecule has 1 aromatic heterocycles. The first-order chi connectivity index (χ1) is 9.47. The summed E-state index contributed by atoms with van der Waals surface area (Å²) >= 11 is 1.64. The first-order valence-corrected chi connectivity index (χ1v) is 7.51. The Morgan fingerprint density at radius 3 is 2.65 bits per heavy atom. The molecule has 1 aliphatic rings. The van der Waals surface area contributed by atoms with Gasteiger partial charge in [-0.05, 0) is 32.9 Å². The minimum absolute atomic E-state index is 0.0570. The third-order valence-electron chi connectivity index (χ3n) is 3.44. The maximum Gasteiger partial charge on any atom is 0.193 e. The average molecular weight is 292 g/mol. The second-order valence-electron chi connectivity index (χ2n) is 5.84. The first kappa shape index (κ1) is 13.6. The molecule has 2 aromatic rings. The Labute approximate surface area is 122 Å². The Kier molecular flexibility index (Phi) is 3.30. The molecule has 0 amide bonds. The molecule has 3 rings (SSSR count). The molecule has 0 fully saturated rings. The molecular formula is C14H17FN4S. The summed E-state index contributed by atoms with van der Waals surface area (Å²) in [6, 6.07) is 6.70. The SMILES string of the molecule is CC(C)(C)N1CSc2nnc(-c3ccccc3F)n2C1. The van der Waals surface area contributed by atoms with Gasteiger partial charge in [0.15, 0.2) is 11.0 Å². The minimum atomic E-state index is -0.263. The van der Waals surface area contributed by atoms with Crippen LogP contribution in [-0.4, -0.2) is 31.1 Å². The lowest BCUT2D eigenvalue weighted by atomic mass is 10.1. The maximum atomic E-state index is 14.0. The largest absolute Gasteiger partial charge is 0.288 e. The van der Waals surface area contributed by atoms with Crippen LogP contribution in [-0.2, 0) is 6.67 Å². The summed E-state index contributed by atoms with van der Waals surface area (Å²) < 4.78 is 15.9. The van der Waals surface area contributed by atoms with Gasteiger partial charge < -0.3 is 0 Å². The number of aromatic nitrogens is 3. The van der Waals surface area contributed by atoms with Crippen molar-refractivity contribution >= 4 is 11.8 Å². The normalized spacial score (nSPS) is 16.2. The monoisotopic (exact) mass is 292 g/mol. The van der Waals surface area contributed by atoms with Crippen LogP contribution in [0.5, 0.6) is 0 Å². The number of fused-ring (bicyclic) bond motifs is 1. The van der Waals surface area contributed by atoms with Gasteiger partial charge in [0.05, 0.1) is 18.1 Å². The fourth-order valence-corrected chi connectivity index (χ4v) is 3.26. The molecule has 0 radical (unpaired) electrons. The molecule has 0 spiro atoms. The molecule has 6 heteroatoms. The second-order valence-corrected chi connectivity index (χ2v) is 6.75. The smallest absolute Gasteiger partial charge is 0.193 e. The molecule has 0 N–H and O–H groups in total. The molecule has 1 aliphatic heterocycles. The standard InChI is InChI=1S/C14H17FN4S/c1-14(2,3)18-8-19-12(16-17-13(19)20-9-18)10-6-4-5-7-11(10)15/h4-7H,8-9H2,1-3H3. The highest BCUT2D eigenvalue weighted by Gasteiger charge is 2.29. The zero-order valence-corrected chi connectivity index (χ0v) is 12.6. The fraction of sp³-hybridized carbons (Fsp3) is 0.429. The van der Waals surface area contributed by atoms with Crippen molar-refractivity contribution in [3.63, 3.8) is 0 Å². The number of halogens is 1. The van der Waals surface area contributed by atoms with Crippen LogP contribution >= 0.6 is 11.8 Å². The summed E-state index contributed by atoms with van der Waals surface area (Å²) in [6.45, 7) is 7.20. The van der Waals surface area contributed by atoms with E-state index in [-0.39, 0.29) is 11.4 Å². The summed E-state index contributed by atoms with van der Waals surface area (Å²) in [5.41, 5.74) is 0.559. The van der Waals surface area contributed by atoms with Crippen LogP contribution in [0.2, 0.25) is 0 Å². The Bertz CT molecular complexity index is 632. The predicted molar refractivity (Wildman–Crippen MR) is 77.7 cm³/mol. The van der Waals surface area contributed by atoms with Crippen molar-refractivity contribution in [1.29, 1.82) is 0 Å². The molecule has 2 heterocycles. The third-order valence-corrected chi connectivity index (χ3v) is 4.44. The van der Waals surface area contributed by atoms with Gasteiger partial charge in [-0.15, -0.1) is 10.2 Å². The van der Waals surface area contributed by atoms with Gasteiger partial charge in [0.2, 0.25) is 0 Å². The summed E-state index contributed by atoms with van der Waals surface area (Å²) in [4.78, 5) is 2.32. The van der Waals surface area contributed by atoms with Crippen molar-refractivity contribution in [2.45, 2.75) is 38.1 Å². The highest BCUT2D eigenvalue weighted by Crippen LogP contribution is 2.32. The topological polar surface area (TPSA) is 34.0 Å². The van der Waals surface area contributed by atoms with E-state index < -0.39 is 0 Å². The van der Waals surface area contributed by atoms with Gasteiger partial charge in [0.1, 0.15) is 5.82 Å². The number of hydrogen-bond acceptors (Lipinski definition) is 4. The van der Waals surface area contributed by atoms with Crippen molar-refractivity contribution in [3.8, 4) is 11.4 Å². The summed E-state index contributed by atoms with van der Waals surface area (Å²) in [6.07, 6.45) is 0. The van der Waals surface area contributed by atoms with Gasteiger partial charge in [-0.25, -0.2) is 4.39 Å². The molecule has 0 aliphatic carbocycles. The molecular weight excluding hydrogens is 275 g/mol. The van der Waals surface area contributed by atoms with Crippen LogP contribution in [0.3, 0.4) is 0 Å². The van der Waals surface area contributed by atoms with E-state index in [0.29, 0.717) is 18.1 Å². The summed E-state index contributed by atoms with van der Waals surface area (Å²) in [5, 5.41) is 9.19. The van der Waals surface area contributed by atoms with Crippen LogP contribution in [0.15, 0.2) is 29.4 Å². The molecule has 106 valence electrons. The van der Waals surface area contributed by atoms with Crippen molar-refractivity contribution in [2.75, 3.05) is 5.88 Å². The highest BCUT2D eigenvalue weighted by atomic mass is 32.2. The van der Waals surface area contributed by atoms with Crippen LogP contribution in [0.4, 0.5) is 4.39 Å². The lowest BCUT2D eigenvalue weighted by Crippen LogP contribution is -2.44. The Balaban J connectivity index is 2.02. The van der Waals surface area contributed by atoms with Gasteiger partial charge in [0.25, 0.3) is 0 Å².